The van der Waals surface area contributed by atoms with Crippen molar-refractivity contribution >= 4 is 12.0 Å². The van der Waals surface area contributed by atoms with Gasteiger partial charge >= 0.3 is 12.0 Å². The van der Waals surface area contributed by atoms with Gasteiger partial charge in [0.15, 0.2) is 0 Å². The van der Waals surface area contributed by atoms with Crippen LogP contribution in [0.4, 0.5) is 4.79 Å². The van der Waals surface area contributed by atoms with E-state index in [2.05, 4.69) is 5.32 Å². The number of amides is 2. The van der Waals surface area contributed by atoms with E-state index in [9.17, 15) is 9.59 Å². The number of hydrogen-bond acceptors (Lipinski definition) is 2. The second-order valence-electron chi connectivity index (χ2n) is 5.44. The number of carboxylic acid groups (broad SMARTS) is 1. The normalized spacial score (nSPS) is 15.5. The minimum Gasteiger partial charge on any atom is -0.480 e. The maximum Gasteiger partial charge on any atom is 0.326 e. The molecule has 2 amide bonds. The maximum atomic E-state index is 12.0. The minimum absolute atomic E-state index is 0.0872. The highest BCUT2D eigenvalue weighted by Crippen LogP contribution is 2.32. The van der Waals surface area contributed by atoms with Crippen molar-refractivity contribution in [2.24, 2.45) is 5.92 Å². The Morgan fingerprint density at radius 2 is 1.95 bits per heavy atom. The molecule has 1 unspecified atom stereocenters. The summed E-state index contributed by atoms with van der Waals surface area (Å²) in [6.07, 6.45) is 1.75. The number of carbonyl (C=O) groups excluding carboxylic acids is 1. The third-order valence-corrected chi connectivity index (χ3v) is 3.53. The molecule has 0 bridgehead atoms. The van der Waals surface area contributed by atoms with Gasteiger partial charge in [-0.2, -0.15) is 0 Å². The van der Waals surface area contributed by atoms with Gasteiger partial charge in [-0.3, -0.25) is 0 Å². The predicted molar refractivity (Wildman–Crippen MR) is 75.3 cm³/mol. The van der Waals surface area contributed by atoms with E-state index < -0.39 is 12.0 Å². The summed E-state index contributed by atoms with van der Waals surface area (Å²) < 4.78 is 0. The molecule has 0 heterocycles. The number of aryl methyl sites for hydroxylation is 1. The van der Waals surface area contributed by atoms with Gasteiger partial charge in [-0.25, -0.2) is 9.59 Å². The van der Waals surface area contributed by atoms with E-state index in [1.54, 1.807) is 7.05 Å². The summed E-state index contributed by atoms with van der Waals surface area (Å²) in [7, 11) is 1.67. The fraction of sp³-hybridized carbons (Fsp3) is 0.467. The summed E-state index contributed by atoms with van der Waals surface area (Å²) in [5.41, 5.74) is 2.19. The van der Waals surface area contributed by atoms with Gasteiger partial charge < -0.3 is 15.3 Å². The number of rotatable bonds is 5. The van der Waals surface area contributed by atoms with E-state index in [0.29, 0.717) is 6.54 Å². The first-order valence-corrected chi connectivity index (χ1v) is 6.77. The third kappa shape index (κ3) is 3.73. The van der Waals surface area contributed by atoms with E-state index in [4.69, 9.17) is 5.11 Å². The molecule has 1 fully saturated rings. The summed E-state index contributed by atoms with van der Waals surface area (Å²) >= 11 is 0. The lowest BCUT2D eigenvalue weighted by Gasteiger charge is -2.21. The molecule has 5 heteroatoms. The van der Waals surface area contributed by atoms with Gasteiger partial charge in [0.1, 0.15) is 6.04 Å². The molecule has 0 aliphatic heterocycles. The monoisotopic (exact) mass is 276 g/mol. The molecule has 0 saturated heterocycles. The van der Waals surface area contributed by atoms with Crippen LogP contribution in [0.15, 0.2) is 24.3 Å². The van der Waals surface area contributed by atoms with Crippen molar-refractivity contribution < 1.29 is 14.7 Å². The fourth-order valence-electron chi connectivity index (χ4n) is 2.09. The fourth-order valence-corrected chi connectivity index (χ4v) is 2.09. The molecule has 5 nitrogen and oxygen atoms in total. The first-order chi connectivity index (χ1) is 9.47. The lowest BCUT2D eigenvalue weighted by atomic mass is 10.1. The molecule has 108 valence electrons. The quantitative estimate of drug-likeness (QED) is 0.864. The summed E-state index contributed by atoms with van der Waals surface area (Å²) in [5.74, 6) is -0.867. The Hall–Kier alpha value is -2.04. The molecular formula is C15H20N2O3. The summed E-state index contributed by atoms with van der Waals surface area (Å²) in [6.45, 7) is 2.47. The molecule has 0 aromatic heterocycles. The molecule has 1 atom stereocenters. The minimum atomic E-state index is -0.954. The Bertz CT molecular complexity index is 494. The van der Waals surface area contributed by atoms with Gasteiger partial charge in [-0.1, -0.05) is 29.8 Å². The van der Waals surface area contributed by atoms with E-state index in [1.807, 2.05) is 31.2 Å². The summed E-state index contributed by atoms with van der Waals surface area (Å²) in [5, 5.41) is 11.7. The van der Waals surface area contributed by atoms with Gasteiger partial charge in [-0.05, 0) is 31.2 Å². The number of aliphatic carboxylic acids is 1. The second-order valence-corrected chi connectivity index (χ2v) is 5.44. The molecule has 1 aliphatic carbocycles. The SMILES string of the molecule is Cc1ccc(CN(C)C(=O)NC(C(=O)O)C2CC2)cc1. The molecule has 1 aliphatic rings. The van der Waals surface area contributed by atoms with Crippen LogP contribution >= 0.6 is 0 Å². The van der Waals surface area contributed by atoms with Crippen LogP contribution in [-0.4, -0.2) is 35.1 Å². The van der Waals surface area contributed by atoms with Gasteiger partial charge in [0.05, 0.1) is 0 Å². The molecular weight excluding hydrogens is 256 g/mol. The van der Waals surface area contributed by atoms with Gasteiger partial charge in [0.2, 0.25) is 0 Å². The Labute approximate surface area is 118 Å². The lowest BCUT2D eigenvalue weighted by Crippen LogP contribution is -2.47. The Morgan fingerprint density at radius 3 is 2.45 bits per heavy atom. The van der Waals surface area contributed by atoms with Crippen LogP contribution in [0.25, 0.3) is 0 Å². The second kappa shape index (κ2) is 5.94. The molecule has 0 spiro atoms. The topological polar surface area (TPSA) is 69.6 Å². The predicted octanol–water partition coefficient (Wildman–Crippen LogP) is 2.00. The van der Waals surface area contributed by atoms with Gasteiger partial charge in [0.25, 0.3) is 0 Å². The van der Waals surface area contributed by atoms with Crippen molar-refractivity contribution in [3.63, 3.8) is 0 Å². The van der Waals surface area contributed by atoms with Crippen molar-refractivity contribution in [3.05, 3.63) is 35.4 Å². The summed E-state index contributed by atoms with van der Waals surface area (Å²) in [6, 6.07) is 6.81. The van der Waals surface area contributed by atoms with Crippen molar-refractivity contribution in [2.75, 3.05) is 7.05 Å². The van der Waals surface area contributed by atoms with Crippen LogP contribution in [0, 0.1) is 12.8 Å². The molecule has 2 N–H and O–H groups in total. The van der Waals surface area contributed by atoms with Crippen molar-refractivity contribution in [3.8, 4) is 0 Å². The number of nitrogens with one attached hydrogen (secondary N) is 1. The van der Waals surface area contributed by atoms with Crippen molar-refractivity contribution in [1.82, 2.24) is 10.2 Å². The molecule has 0 radical (unpaired) electrons. The number of carbonyl (C=O) groups is 2. The van der Waals surface area contributed by atoms with Crippen molar-refractivity contribution in [2.45, 2.75) is 32.4 Å². The Morgan fingerprint density at radius 1 is 1.35 bits per heavy atom. The Kier molecular flexibility index (Phi) is 4.27. The average molecular weight is 276 g/mol. The number of urea groups is 1. The standard InChI is InChI=1S/C15H20N2O3/c1-10-3-5-11(6-4-10)9-17(2)15(20)16-13(14(18)19)12-7-8-12/h3-6,12-13H,7-9H2,1-2H3,(H,16,20)(H,18,19). The average Bonchev–Trinajstić information content (AvgIpc) is 3.22. The number of hydrogen-bond donors (Lipinski definition) is 2. The molecule has 1 aromatic rings. The van der Waals surface area contributed by atoms with E-state index in [-0.39, 0.29) is 11.9 Å². The van der Waals surface area contributed by atoms with Crippen molar-refractivity contribution in [1.29, 1.82) is 0 Å². The van der Waals surface area contributed by atoms with E-state index >= 15 is 0 Å². The molecule has 20 heavy (non-hydrogen) atoms. The highest BCUT2D eigenvalue weighted by molar-refractivity contribution is 5.83. The zero-order valence-corrected chi connectivity index (χ0v) is 11.8. The smallest absolute Gasteiger partial charge is 0.326 e. The van der Waals surface area contributed by atoms with Crippen LogP contribution in [0.2, 0.25) is 0 Å². The third-order valence-electron chi connectivity index (χ3n) is 3.53. The Balaban J connectivity index is 1.91. The number of carboxylic acids is 1. The first kappa shape index (κ1) is 14.4. The largest absolute Gasteiger partial charge is 0.480 e. The number of benzene rings is 1. The molecule has 1 aromatic carbocycles. The highest BCUT2D eigenvalue weighted by atomic mass is 16.4. The zero-order valence-electron chi connectivity index (χ0n) is 11.8. The van der Waals surface area contributed by atoms with Crippen LogP contribution in [-0.2, 0) is 11.3 Å². The highest BCUT2D eigenvalue weighted by Gasteiger charge is 2.37. The first-order valence-electron chi connectivity index (χ1n) is 6.77. The van der Waals surface area contributed by atoms with Crippen LogP contribution < -0.4 is 5.32 Å². The van der Waals surface area contributed by atoms with Gasteiger partial charge in [-0.15, -0.1) is 0 Å². The van der Waals surface area contributed by atoms with Crippen LogP contribution in [0.1, 0.15) is 24.0 Å². The van der Waals surface area contributed by atoms with E-state index in [1.165, 1.54) is 10.5 Å². The molecule has 2 rings (SSSR count). The molecule has 1 saturated carbocycles. The number of nitrogens with zero attached hydrogens (tertiary/aromatic N) is 1. The zero-order chi connectivity index (χ0) is 14.7. The van der Waals surface area contributed by atoms with E-state index in [0.717, 1.165) is 18.4 Å². The lowest BCUT2D eigenvalue weighted by molar-refractivity contribution is -0.139. The summed E-state index contributed by atoms with van der Waals surface area (Å²) in [4.78, 5) is 24.6. The van der Waals surface area contributed by atoms with Crippen LogP contribution in [0.3, 0.4) is 0 Å². The maximum absolute atomic E-state index is 12.0. The van der Waals surface area contributed by atoms with Gasteiger partial charge in [0, 0.05) is 13.6 Å². The van der Waals surface area contributed by atoms with Crippen LogP contribution in [0.5, 0.6) is 0 Å².